The van der Waals surface area contributed by atoms with Gasteiger partial charge in [-0.15, -0.1) is 0 Å². The fraction of sp³-hybridized carbons (Fsp3) is 0.481. The van der Waals surface area contributed by atoms with E-state index in [2.05, 4.69) is 27.7 Å². The number of fused-ring (bicyclic) bond motifs is 2. The standard InChI is InChI=1S/C27H31N5O5/c33-21-15-31(24(36)37)18-27(16-26-9-5-4-8-20(26)22(34)28-23(26)35)29-25(17-32(21)27)10-12-30(13-11-25)14-19-6-2-1-3-7-19/h1-9,20,29H,10-18H2,(H,36,37)(H,28,34,35). The molecule has 0 bridgehead atoms. The third kappa shape index (κ3) is 3.86. The fourth-order valence-corrected chi connectivity index (χ4v) is 6.98. The largest absolute Gasteiger partial charge is 0.465 e. The molecule has 4 fully saturated rings. The van der Waals surface area contributed by atoms with E-state index in [9.17, 15) is 24.3 Å². The number of rotatable bonds is 4. The van der Waals surface area contributed by atoms with Gasteiger partial charge < -0.3 is 10.0 Å². The number of carbonyl (C=O) groups excluding carboxylic acids is 3. The Morgan fingerprint density at radius 1 is 1.05 bits per heavy atom. The Bertz CT molecular complexity index is 1210. The maximum Gasteiger partial charge on any atom is 0.407 e. The number of imide groups is 1. The van der Waals surface area contributed by atoms with Crippen LogP contribution in [0.4, 0.5) is 4.79 Å². The van der Waals surface area contributed by atoms with Gasteiger partial charge in [0, 0.05) is 38.1 Å². The number of hydrogen-bond donors (Lipinski definition) is 3. The van der Waals surface area contributed by atoms with Crippen LogP contribution in [-0.2, 0) is 20.9 Å². The summed E-state index contributed by atoms with van der Waals surface area (Å²) in [6.07, 6.45) is 7.48. The molecule has 3 atom stereocenters. The van der Waals surface area contributed by atoms with Crippen molar-refractivity contribution < 1.29 is 24.3 Å². The summed E-state index contributed by atoms with van der Waals surface area (Å²) < 4.78 is 0. The zero-order valence-electron chi connectivity index (χ0n) is 20.6. The van der Waals surface area contributed by atoms with Crippen LogP contribution in [-0.4, -0.2) is 87.5 Å². The van der Waals surface area contributed by atoms with Crippen molar-refractivity contribution in [3.05, 3.63) is 60.2 Å². The van der Waals surface area contributed by atoms with Gasteiger partial charge in [0.15, 0.2) is 0 Å². The summed E-state index contributed by atoms with van der Waals surface area (Å²) in [6, 6.07) is 10.3. The Hall–Kier alpha value is -3.50. The second-order valence-corrected chi connectivity index (χ2v) is 11.1. The molecule has 10 nitrogen and oxygen atoms in total. The van der Waals surface area contributed by atoms with Gasteiger partial charge in [0.2, 0.25) is 17.7 Å². The molecule has 1 aromatic carbocycles. The molecule has 0 radical (unpaired) electrons. The highest BCUT2D eigenvalue weighted by Gasteiger charge is 2.64. The van der Waals surface area contributed by atoms with Crippen molar-refractivity contribution in [1.82, 2.24) is 25.3 Å². The average molecular weight is 506 g/mol. The van der Waals surface area contributed by atoms with Crippen LogP contribution in [0.3, 0.4) is 0 Å². The molecule has 4 heterocycles. The molecule has 0 aromatic heterocycles. The van der Waals surface area contributed by atoms with Crippen LogP contribution >= 0.6 is 0 Å². The summed E-state index contributed by atoms with van der Waals surface area (Å²) in [7, 11) is 0. The van der Waals surface area contributed by atoms with Gasteiger partial charge in [0.05, 0.1) is 17.9 Å². The molecule has 4 aliphatic heterocycles. The molecule has 5 aliphatic rings. The van der Waals surface area contributed by atoms with Crippen LogP contribution in [0.2, 0.25) is 0 Å². The number of nitrogens with one attached hydrogen (secondary N) is 2. The van der Waals surface area contributed by atoms with E-state index in [-0.39, 0.29) is 31.3 Å². The van der Waals surface area contributed by atoms with E-state index in [1.54, 1.807) is 29.2 Å². The van der Waals surface area contributed by atoms with Crippen LogP contribution in [0.25, 0.3) is 0 Å². The topological polar surface area (TPSA) is 122 Å². The molecule has 4 saturated heterocycles. The maximum absolute atomic E-state index is 13.4. The van der Waals surface area contributed by atoms with Gasteiger partial charge in [-0.25, -0.2) is 4.79 Å². The molecule has 37 heavy (non-hydrogen) atoms. The van der Waals surface area contributed by atoms with Gasteiger partial charge in [0.1, 0.15) is 12.2 Å². The van der Waals surface area contributed by atoms with E-state index in [1.165, 1.54) is 5.56 Å². The lowest BCUT2D eigenvalue weighted by Gasteiger charge is -2.49. The second-order valence-electron chi connectivity index (χ2n) is 11.1. The average Bonchev–Trinajstić information content (AvgIpc) is 3.32. The van der Waals surface area contributed by atoms with Crippen molar-refractivity contribution in [2.24, 2.45) is 11.3 Å². The van der Waals surface area contributed by atoms with Crippen molar-refractivity contribution in [3.63, 3.8) is 0 Å². The molecule has 1 aliphatic carbocycles. The summed E-state index contributed by atoms with van der Waals surface area (Å²) >= 11 is 0. The van der Waals surface area contributed by atoms with Gasteiger partial charge in [-0.3, -0.25) is 34.8 Å². The zero-order valence-corrected chi connectivity index (χ0v) is 20.6. The molecular formula is C27H31N5O5. The molecule has 3 unspecified atom stereocenters. The molecule has 194 valence electrons. The molecule has 1 aromatic rings. The van der Waals surface area contributed by atoms with Crippen molar-refractivity contribution in [2.75, 3.05) is 32.7 Å². The minimum absolute atomic E-state index is 0.0387. The number of carboxylic acid groups (broad SMARTS) is 1. The quantitative estimate of drug-likeness (QED) is 0.520. The van der Waals surface area contributed by atoms with Gasteiger partial charge >= 0.3 is 6.09 Å². The first kappa shape index (κ1) is 23.9. The predicted molar refractivity (Wildman–Crippen MR) is 133 cm³/mol. The Morgan fingerprint density at radius 2 is 1.81 bits per heavy atom. The first-order chi connectivity index (χ1) is 17.7. The van der Waals surface area contributed by atoms with Crippen LogP contribution in [0.1, 0.15) is 24.8 Å². The molecule has 3 N–H and O–H groups in total. The number of likely N-dealkylation sites (tertiary alicyclic amines) is 1. The second kappa shape index (κ2) is 8.53. The number of allylic oxidation sites excluding steroid dienone is 2. The number of hydrogen-bond acceptors (Lipinski definition) is 6. The van der Waals surface area contributed by atoms with Crippen molar-refractivity contribution in [1.29, 1.82) is 0 Å². The molecule has 0 saturated carbocycles. The van der Waals surface area contributed by atoms with Crippen molar-refractivity contribution in [3.8, 4) is 0 Å². The smallest absolute Gasteiger partial charge is 0.407 e. The van der Waals surface area contributed by atoms with Crippen LogP contribution in [0.5, 0.6) is 0 Å². The minimum atomic E-state index is -1.18. The van der Waals surface area contributed by atoms with Gasteiger partial charge in [-0.1, -0.05) is 54.6 Å². The third-order valence-corrected chi connectivity index (χ3v) is 8.78. The lowest BCUT2D eigenvalue weighted by atomic mass is 9.68. The molecular weight excluding hydrogens is 474 g/mol. The van der Waals surface area contributed by atoms with E-state index in [4.69, 9.17) is 0 Å². The molecule has 10 heteroatoms. The minimum Gasteiger partial charge on any atom is -0.465 e. The van der Waals surface area contributed by atoms with E-state index in [1.807, 2.05) is 18.2 Å². The summed E-state index contributed by atoms with van der Waals surface area (Å²) in [6.45, 7) is 2.79. The molecule has 1 spiro atoms. The van der Waals surface area contributed by atoms with Crippen LogP contribution in [0.15, 0.2) is 54.6 Å². The monoisotopic (exact) mass is 505 g/mol. The number of nitrogens with zero attached hydrogens (tertiary/aromatic N) is 3. The predicted octanol–water partition coefficient (Wildman–Crippen LogP) is 0.918. The fourth-order valence-electron chi connectivity index (χ4n) is 6.98. The van der Waals surface area contributed by atoms with Crippen LogP contribution < -0.4 is 10.6 Å². The number of benzene rings is 1. The lowest BCUT2D eigenvalue weighted by molar-refractivity contribution is -0.147. The maximum atomic E-state index is 13.4. The van der Waals surface area contributed by atoms with Gasteiger partial charge in [-0.05, 0) is 18.4 Å². The third-order valence-electron chi connectivity index (χ3n) is 8.78. The highest BCUT2D eigenvalue weighted by atomic mass is 16.4. The van der Waals surface area contributed by atoms with Gasteiger partial charge in [0.25, 0.3) is 0 Å². The first-order valence-electron chi connectivity index (χ1n) is 12.8. The number of carbonyl (C=O) groups is 4. The number of amides is 4. The Balaban J connectivity index is 1.30. The van der Waals surface area contributed by atoms with E-state index >= 15 is 0 Å². The normalized spacial score (nSPS) is 32.5. The highest BCUT2D eigenvalue weighted by molar-refractivity contribution is 6.09. The Labute approximate surface area is 215 Å². The van der Waals surface area contributed by atoms with Crippen molar-refractivity contribution >= 4 is 23.8 Å². The van der Waals surface area contributed by atoms with E-state index in [0.29, 0.717) is 6.54 Å². The van der Waals surface area contributed by atoms with Crippen LogP contribution in [0, 0.1) is 11.3 Å². The van der Waals surface area contributed by atoms with E-state index in [0.717, 1.165) is 37.4 Å². The highest BCUT2D eigenvalue weighted by Crippen LogP contribution is 2.49. The molecule has 6 rings (SSSR count). The summed E-state index contributed by atoms with van der Waals surface area (Å²) in [5, 5.41) is 16.0. The summed E-state index contributed by atoms with van der Waals surface area (Å²) in [5.74, 6) is -1.74. The SMILES string of the molecule is O=C1NC(=O)C2(CC34CN(C(=O)O)CC(=O)N3CC3(CCN(Cc5ccccc5)CC3)N4)C=CC=CC12. The van der Waals surface area contributed by atoms with Gasteiger partial charge in [-0.2, -0.15) is 0 Å². The zero-order chi connectivity index (χ0) is 25.8. The summed E-state index contributed by atoms with van der Waals surface area (Å²) in [4.78, 5) is 56.5. The molecule has 4 amide bonds. The number of piperazine rings is 1. The number of piperidine rings is 1. The Kier molecular flexibility index (Phi) is 5.50. The van der Waals surface area contributed by atoms with Crippen molar-refractivity contribution in [2.45, 2.75) is 37.0 Å². The first-order valence-corrected chi connectivity index (χ1v) is 12.8. The summed E-state index contributed by atoms with van der Waals surface area (Å²) in [5.41, 5.74) is -1.42. The lowest BCUT2D eigenvalue weighted by Crippen LogP contribution is -2.70. The van der Waals surface area contributed by atoms with E-state index < -0.39 is 34.5 Å². The Morgan fingerprint density at radius 3 is 2.54 bits per heavy atom.